The average molecular weight is 296 g/mol. The maximum Gasteiger partial charge on any atom is 0.410 e. The van der Waals surface area contributed by atoms with Gasteiger partial charge in [0.25, 0.3) is 0 Å². The third-order valence-electron chi connectivity index (χ3n) is 3.42. The fraction of sp³-hybridized carbons (Fsp3) is 0.588. The molecule has 1 amide bonds. The van der Waals surface area contributed by atoms with Crippen LogP contribution in [0, 0.1) is 0 Å². The molecule has 0 radical (unpaired) electrons. The molecule has 1 aromatic carbocycles. The van der Waals surface area contributed by atoms with Crippen LogP contribution in [-0.4, -0.2) is 37.1 Å². The fourth-order valence-corrected chi connectivity index (χ4v) is 2.60. The summed E-state index contributed by atoms with van der Waals surface area (Å²) in [5.74, 6) is 0. The largest absolute Gasteiger partial charge is 0.444 e. The number of carbonyl (C=O) groups is 1. The SMILES string of the molecule is [2H]C([2H])([2H])N(c1ccccc1[C@@H]1CCCN1C(=O)OC(C)(C)C)C([2H])([2H])[2H]. The molecule has 4 nitrogen and oxygen atoms in total. The molecule has 1 aliphatic heterocycles. The Balaban J connectivity index is 2.46. The van der Waals surface area contributed by atoms with E-state index in [4.69, 9.17) is 13.0 Å². The summed E-state index contributed by atoms with van der Waals surface area (Å²) in [6, 6.07) is 6.01. The monoisotopic (exact) mass is 296 g/mol. The molecule has 0 N–H and O–H groups in total. The minimum atomic E-state index is -2.85. The first-order valence-corrected chi connectivity index (χ1v) is 7.11. The van der Waals surface area contributed by atoms with Gasteiger partial charge in [-0.1, -0.05) is 18.2 Å². The van der Waals surface area contributed by atoms with Gasteiger partial charge in [-0.2, -0.15) is 0 Å². The number of anilines is 1. The highest BCUT2D eigenvalue weighted by atomic mass is 16.6. The van der Waals surface area contributed by atoms with E-state index in [2.05, 4.69) is 0 Å². The highest BCUT2D eigenvalue weighted by molar-refractivity contribution is 5.70. The third kappa shape index (κ3) is 3.69. The first-order valence-electron chi connectivity index (χ1n) is 10.1. The second kappa shape index (κ2) is 5.96. The van der Waals surface area contributed by atoms with Crippen molar-refractivity contribution in [2.24, 2.45) is 0 Å². The lowest BCUT2D eigenvalue weighted by Crippen LogP contribution is -2.36. The molecule has 1 aromatic rings. The van der Waals surface area contributed by atoms with Crippen molar-refractivity contribution in [1.29, 1.82) is 0 Å². The summed E-state index contributed by atoms with van der Waals surface area (Å²) < 4.78 is 51.6. The molecule has 1 saturated heterocycles. The fourth-order valence-electron chi connectivity index (χ4n) is 2.60. The number of rotatable bonds is 2. The molecule has 0 bridgehead atoms. The maximum atomic E-state index is 12.6. The van der Waals surface area contributed by atoms with Crippen molar-refractivity contribution in [1.82, 2.24) is 4.90 Å². The Morgan fingerprint density at radius 1 is 1.38 bits per heavy atom. The van der Waals surface area contributed by atoms with Gasteiger partial charge < -0.3 is 14.5 Å². The molecule has 1 heterocycles. The van der Waals surface area contributed by atoms with Crippen LogP contribution in [0.4, 0.5) is 10.5 Å². The molecule has 116 valence electrons. The first kappa shape index (κ1) is 9.34. The van der Waals surface area contributed by atoms with Crippen LogP contribution in [0.2, 0.25) is 0 Å². The van der Waals surface area contributed by atoms with Gasteiger partial charge in [-0.05, 0) is 45.2 Å². The van der Waals surface area contributed by atoms with Gasteiger partial charge in [0, 0.05) is 34.4 Å². The highest BCUT2D eigenvalue weighted by Crippen LogP contribution is 2.37. The molecule has 0 spiro atoms. The molecule has 0 aromatic heterocycles. The smallest absolute Gasteiger partial charge is 0.410 e. The Hall–Kier alpha value is -1.71. The summed E-state index contributed by atoms with van der Waals surface area (Å²) >= 11 is 0. The lowest BCUT2D eigenvalue weighted by atomic mass is 10.0. The van der Waals surface area contributed by atoms with Crippen molar-refractivity contribution in [3.8, 4) is 0 Å². The van der Waals surface area contributed by atoms with Gasteiger partial charge in [-0.25, -0.2) is 4.79 Å². The van der Waals surface area contributed by atoms with Gasteiger partial charge in [-0.3, -0.25) is 0 Å². The van der Waals surface area contributed by atoms with Crippen molar-refractivity contribution >= 4 is 11.8 Å². The van der Waals surface area contributed by atoms with Crippen LogP contribution in [0.1, 0.15) is 53.4 Å². The minimum Gasteiger partial charge on any atom is -0.444 e. The van der Waals surface area contributed by atoms with Crippen molar-refractivity contribution in [3.63, 3.8) is 0 Å². The van der Waals surface area contributed by atoms with Gasteiger partial charge in [-0.15, -0.1) is 0 Å². The summed E-state index contributed by atoms with van der Waals surface area (Å²) in [5.41, 5.74) is -0.0845. The van der Waals surface area contributed by atoms with Crippen molar-refractivity contribution < 1.29 is 17.8 Å². The first-order chi connectivity index (χ1) is 12.2. The standard InChI is InChI=1S/C17H26N2O2/c1-17(2,3)21-16(20)19-12-8-11-15(19)13-9-6-7-10-14(13)18(4)5/h6-7,9-10,15H,8,11-12H2,1-5H3/t15-/m0/s1/i4D3,5D3. The number of ether oxygens (including phenoxy) is 1. The molecule has 0 saturated carbocycles. The van der Waals surface area contributed by atoms with E-state index in [1.54, 1.807) is 43.9 Å². The van der Waals surface area contributed by atoms with Gasteiger partial charge in [0.05, 0.1) is 6.04 Å². The number of nitrogens with zero attached hydrogens (tertiary/aromatic N) is 2. The van der Waals surface area contributed by atoms with Gasteiger partial charge in [0.15, 0.2) is 0 Å². The van der Waals surface area contributed by atoms with Gasteiger partial charge >= 0.3 is 6.09 Å². The Morgan fingerprint density at radius 2 is 2.10 bits per heavy atom. The Labute approximate surface area is 136 Å². The number of hydrogen-bond acceptors (Lipinski definition) is 3. The van der Waals surface area contributed by atoms with Crippen LogP contribution in [-0.2, 0) is 4.74 Å². The van der Waals surface area contributed by atoms with E-state index in [0.717, 1.165) is 6.42 Å². The Morgan fingerprint density at radius 3 is 2.76 bits per heavy atom. The molecule has 1 aliphatic rings. The zero-order valence-corrected chi connectivity index (χ0v) is 12.7. The second-order valence-corrected chi connectivity index (χ2v) is 6.23. The van der Waals surface area contributed by atoms with Crippen LogP contribution in [0.5, 0.6) is 0 Å². The van der Waals surface area contributed by atoms with Crippen LogP contribution < -0.4 is 4.90 Å². The van der Waals surface area contributed by atoms with Crippen molar-refractivity contribution in [2.45, 2.75) is 45.3 Å². The maximum absolute atomic E-state index is 12.6. The average Bonchev–Trinajstić information content (AvgIpc) is 2.92. The zero-order chi connectivity index (χ0) is 20.6. The van der Waals surface area contributed by atoms with E-state index in [0.29, 0.717) is 23.4 Å². The second-order valence-electron chi connectivity index (χ2n) is 6.23. The molecule has 0 aliphatic carbocycles. The summed E-state index contributed by atoms with van der Waals surface area (Å²) in [6.45, 7) is 0.0849. The lowest BCUT2D eigenvalue weighted by molar-refractivity contribution is 0.0225. The topological polar surface area (TPSA) is 32.8 Å². The minimum absolute atomic E-state index is 0.0814. The molecule has 1 fully saturated rings. The van der Waals surface area contributed by atoms with E-state index in [-0.39, 0.29) is 5.69 Å². The summed E-state index contributed by atoms with van der Waals surface area (Å²) in [4.78, 5) is 14.6. The molecule has 0 unspecified atom stereocenters. The predicted octanol–water partition coefficient (Wildman–Crippen LogP) is 3.82. The number of likely N-dealkylation sites (tertiary alicyclic amines) is 1. The van der Waals surface area contributed by atoms with Crippen LogP contribution in [0.25, 0.3) is 0 Å². The van der Waals surface area contributed by atoms with Crippen LogP contribution >= 0.6 is 0 Å². The highest BCUT2D eigenvalue weighted by Gasteiger charge is 2.34. The van der Waals surface area contributed by atoms with E-state index in [9.17, 15) is 4.79 Å². The van der Waals surface area contributed by atoms with Crippen molar-refractivity contribution in [3.05, 3.63) is 29.8 Å². The van der Waals surface area contributed by atoms with E-state index in [1.165, 1.54) is 6.07 Å². The van der Waals surface area contributed by atoms with E-state index < -0.39 is 31.7 Å². The summed E-state index contributed by atoms with van der Waals surface area (Å²) in [5, 5.41) is 0. The zero-order valence-electron chi connectivity index (χ0n) is 18.7. The molecule has 2 rings (SSSR count). The molecule has 1 atom stereocenters. The lowest BCUT2D eigenvalue weighted by Gasteiger charge is -2.30. The number of benzene rings is 1. The predicted molar refractivity (Wildman–Crippen MR) is 85.7 cm³/mol. The normalized spacial score (nSPS) is 24.1. The van der Waals surface area contributed by atoms with Crippen molar-refractivity contribution in [2.75, 3.05) is 25.4 Å². The molecule has 21 heavy (non-hydrogen) atoms. The van der Waals surface area contributed by atoms with Gasteiger partial charge in [0.1, 0.15) is 5.60 Å². The summed E-state index contributed by atoms with van der Waals surface area (Å²) in [7, 11) is 0. The third-order valence-corrected chi connectivity index (χ3v) is 3.42. The molecular formula is C17H26N2O2. The quantitative estimate of drug-likeness (QED) is 0.831. The number of amides is 1. The molecular weight excluding hydrogens is 264 g/mol. The Bertz CT molecular complexity index is 667. The Kier molecular flexibility index (Phi) is 2.65. The van der Waals surface area contributed by atoms with Gasteiger partial charge in [0.2, 0.25) is 0 Å². The number of para-hydroxylation sites is 1. The summed E-state index contributed by atoms with van der Waals surface area (Å²) in [6.07, 6.45) is 0.834. The van der Waals surface area contributed by atoms with E-state index in [1.807, 2.05) is 0 Å². The van der Waals surface area contributed by atoms with Crippen LogP contribution in [0.15, 0.2) is 24.3 Å². The van der Waals surface area contributed by atoms with E-state index >= 15 is 0 Å². The number of carbonyl (C=O) groups excluding carboxylic acids is 1. The molecule has 4 heteroatoms. The van der Waals surface area contributed by atoms with Crippen LogP contribution in [0.3, 0.4) is 0 Å². The number of hydrogen-bond donors (Lipinski definition) is 0.